The van der Waals surface area contributed by atoms with Gasteiger partial charge in [-0.2, -0.15) is 9.97 Å². The van der Waals surface area contributed by atoms with Gasteiger partial charge < -0.3 is 25.2 Å². The number of alkyl halides is 2. The normalized spacial score (nSPS) is 22.2. The number of ether oxygens (including phenoxy) is 1. The largest absolute Gasteiger partial charge is 0.378 e. The molecule has 1 aromatic carbocycles. The molecule has 13 heteroatoms. The third kappa shape index (κ3) is 4.40. The van der Waals surface area contributed by atoms with Gasteiger partial charge in [0.15, 0.2) is 5.82 Å². The summed E-state index contributed by atoms with van der Waals surface area (Å²) in [6, 6.07) is 8.49. The van der Waals surface area contributed by atoms with E-state index < -0.39 is 17.8 Å². The number of fused-ring (bicyclic) bond motifs is 1. The molecule has 2 amide bonds. The Morgan fingerprint density at radius 3 is 2.66 bits per heavy atom. The Labute approximate surface area is 217 Å². The van der Waals surface area contributed by atoms with Crippen LogP contribution < -0.4 is 15.5 Å². The lowest BCUT2D eigenvalue weighted by molar-refractivity contribution is -0.142. The summed E-state index contributed by atoms with van der Waals surface area (Å²) in [5.41, 5.74) is 0.0964. The second-order valence-electron chi connectivity index (χ2n) is 10.0. The van der Waals surface area contributed by atoms with Crippen LogP contribution in [0.2, 0.25) is 0 Å². The van der Waals surface area contributed by atoms with E-state index in [9.17, 15) is 18.4 Å². The van der Waals surface area contributed by atoms with Crippen LogP contribution in [0, 0.1) is 0 Å². The smallest absolute Gasteiger partial charge is 0.296 e. The van der Waals surface area contributed by atoms with E-state index in [1.165, 1.54) is 4.57 Å². The van der Waals surface area contributed by atoms with E-state index in [2.05, 4.69) is 25.6 Å². The minimum Gasteiger partial charge on any atom is -0.378 e. The van der Waals surface area contributed by atoms with Gasteiger partial charge in [0, 0.05) is 38.7 Å². The van der Waals surface area contributed by atoms with E-state index in [0.717, 1.165) is 0 Å². The van der Waals surface area contributed by atoms with Gasteiger partial charge in [-0.1, -0.05) is 12.1 Å². The van der Waals surface area contributed by atoms with Crippen LogP contribution in [0.4, 0.5) is 20.5 Å². The summed E-state index contributed by atoms with van der Waals surface area (Å²) in [7, 11) is 0. The first-order chi connectivity index (χ1) is 18.3. The summed E-state index contributed by atoms with van der Waals surface area (Å²) in [4.78, 5) is 41.8. The van der Waals surface area contributed by atoms with Crippen molar-refractivity contribution in [3.8, 4) is 5.82 Å². The second kappa shape index (κ2) is 9.46. The zero-order valence-electron chi connectivity index (χ0n) is 20.9. The molecule has 3 aromatic rings. The Morgan fingerprint density at radius 1 is 1.18 bits per heavy atom. The maximum atomic E-state index is 14.1. The Kier molecular flexibility index (Phi) is 6.09. The van der Waals surface area contributed by atoms with Crippen LogP contribution in [0.5, 0.6) is 0 Å². The molecule has 2 aromatic heterocycles. The number of nitrogens with one attached hydrogen (secondary N) is 2. The number of morpholine rings is 1. The van der Waals surface area contributed by atoms with Crippen molar-refractivity contribution < 1.29 is 23.1 Å². The number of hydrogen-bond donors (Lipinski definition) is 2. The molecule has 1 atom stereocenters. The van der Waals surface area contributed by atoms with Crippen molar-refractivity contribution in [1.82, 2.24) is 29.7 Å². The summed E-state index contributed by atoms with van der Waals surface area (Å²) in [5, 5.41) is 6.12. The second-order valence-corrected chi connectivity index (χ2v) is 10.0. The number of aromatic nitrogens is 4. The number of likely N-dealkylation sites (tertiary alicyclic amines) is 1. The molecule has 3 aliphatic heterocycles. The number of carbonyl (C=O) groups is 2. The molecule has 0 radical (unpaired) electrons. The Balaban J connectivity index is 1.29. The zero-order chi connectivity index (χ0) is 26.4. The zero-order valence-corrected chi connectivity index (χ0v) is 20.9. The standard InChI is InChI=1S/C25H28F2N8O3/c1-25(7-6-20(36)32-25)23(37)34-13-15(14-34)28-18-12-19(31-24(30-18)33-8-10-38-11-9-33)35-17-5-3-2-4-16(17)29-22(35)21(26)27/h2-5,12,15,21H,6-11,13-14H2,1H3,(H,32,36)(H,28,30,31). The van der Waals surface area contributed by atoms with Gasteiger partial charge in [-0.3, -0.25) is 14.2 Å². The molecule has 5 heterocycles. The molecular formula is C25H28F2N8O3. The predicted octanol–water partition coefficient (Wildman–Crippen LogP) is 1.88. The summed E-state index contributed by atoms with van der Waals surface area (Å²) < 4.78 is 34.9. The molecule has 2 N–H and O–H groups in total. The number of imidazole rings is 1. The maximum Gasteiger partial charge on any atom is 0.296 e. The molecule has 6 rings (SSSR count). The molecule has 11 nitrogen and oxygen atoms in total. The minimum absolute atomic E-state index is 0.0888. The Morgan fingerprint density at radius 2 is 1.95 bits per heavy atom. The fraction of sp³-hybridized carbons (Fsp3) is 0.480. The van der Waals surface area contributed by atoms with Crippen molar-refractivity contribution in [1.29, 1.82) is 0 Å². The van der Waals surface area contributed by atoms with E-state index in [1.54, 1.807) is 42.2 Å². The SMILES string of the molecule is CC1(C(=O)N2CC(Nc3cc(-n4c(C(F)F)nc5ccccc54)nc(N4CCOCC4)n3)C2)CCC(=O)N1. The fourth-order valence-electron chi connectivity index (χ4n) is 5.20. The molecule has 200 valence electrons. The van der Waals surface area contributed by atoms with E-state index in [1.807, 2.05) is 4.90 Å². The number of para-hydroxylation sites is 2. The van der Waals surface area contributed by atoms with Crippen molar-refractivity contribution in [2.45, 2.75) is 37.8 Å². The molecule has 0 spiro atoms. The monoisotopic (exact) mass is 526 g/mol. The average molecular weight is 527 g/mol. The fourth-order valence-corrected chi connectivity index (χ4v) is 5.20. The van der Waals surface area contributed by atoms with E-state index in [-0.39, 0.29) is 23.7 Å². The number of carbonyl (C=O) groups excluding carboxylic acids is 2. The number of amides is 2. The summed E-state index contributed by atoms with van der Waals surface area (Å²) in [5.74, 6) is 0.532. The number of hydrogen-bond acceptors (Lipinski definition) is 8. The summed E-state index contributed by atoms with van der Waals surface area (Å²) in [6.07, 6.45) is -1.98. The highest BCUT2D eigenvalue weighted by Crippen LogP contribution is 2.30. The molecule has 0 bridgehead atoms. The molecule has 38 heavy (non-hydrogen) atoms. The molecule has 3 aliphatic rings. The van der Waals surface area contributed by atoms with E-state index in [4.69, 9.17) is 4.74 Å². The van der Waals surface area contributed by atoms with Crippen molar-refractivity contribution in [3.63, 3.8) is 0 Å². The highest BCUT2D eigenvalue weighted by Gasteiger charge is 2.45. The number of nitrogens with zero attached hydrogens (tertiary/aromatic N) is 6. The topological polar surface area (TPSA) is 118 Å². The Hall–Kier alpha value is -3.87. The summed E-state index contributed by atoms with van der Waals surface area (Å²) >= 11 is 0. The van der Waals surface area contributed by atoms with Gasteiger partial charge >= 0.3 is 0 Å². The highest BCUT2D eigenvalue weighted by molar-refractivity contribution is 5.94. The van der Waals surface area contributed by atoms with Crippen molar-refractivity contribution in [2.24, 2.45) is 0 Å². The predicted molar refractivity (Wildman–Crippen MR) is 134 cm³/mol. The lowest BCUT2D eigenvalue weighted by Crippen LogP contribution is -2.64. The van der Waals surface area contributed by atoms with Crippen LogP contribution in [0.1, 0.15) is 32.0 Å². The van der Waals surface area contributed by atoms with Crippen LogP contribution in [0.15, 0.2) is 30.3 Å². The van der Waals surface area contributed by atoms with Gasteiger partial charge in [0.2, 0.25) is 17.8 Å². The molecule has 1 unspecified atom stereocenters. The Bertz CT molecular complexity index is 1390. The number of anilines is 2. The highest BCUT2D eigenvalue weighted by atomic mass is 19.3. The third-order valence-corrected chi connectivity index (χ3v) is 7.27. The minimum atomic E-state index is -2.80. The lowest BCUT2D eigenvalue weighted by Gasteiger charge is -2.43. The maximum absolute atomic E-state index is 14.1. The van der Waals surface area contributed by atoms with Crippen molar-refractivity contribution in [2.75, 3.05) is 49.6 Å². The van der Waals surface area contributed by atoms with Crippen LogP contribution in [0.25, 0.3) is 16.9 Å². The van der Waals surface area contributed by atoms with Crippen LogP contribution in [-0.2, 0) is 14.3 Å². The van der Waals surface area contributed by atoms with Gasteiger partial charge in [-0.05, 0) is 25.5 Å². The van der Waals surface area contributed by atoms with Gasteiger partial charge in [-0.15, -0.1) is 0 Å². The first-order valence-electron chi connectivity index (χ1n) is 12.7. The average Bonchev–Trinajstić information content (AvgIpc) is 3.46. The van der Waals surface area contributed by atoms with Gasteiger partial charge in [-0.25, -0.2) is 13.8 Å². The van der Waals surface area contributed by atoms with E-state index in [0.29, 0.717) is 75.0 Å². The summed E-state index contributed by atoms with van der Waals surface area (Å²) in [6.45, 7) is 4.81. The van der Waals surface area contributed by atoms with Crippen LogP contribution in [-0.4, -0.2) is 87.2 Å². The first kappa shape index (κ1) is 24.5. The first-order valence-corrected chi connectivity index (χ1v) is 12.7. The molecule has 3 saturated heterocycles. The van der Waals surface area contributed by atoms with Crippen molar-refractivity contribution >= 4 is 34.6 Å². The molecule has 0 saturated carbocycles. The molecular weight excluding hydrogens is 498 g/mol. The number of halogens is 2. The number of rotatable bonds is 6. The van der Waals surface area contributed by atoms with Gasteiger partial charge in [0.05, 0.1) is 30.3 Å². The quantitative estimate of drug-likeness (QED) is 0.500. The van der Waals surface area contributed by atoms with Crippen LogP contribution >= 0.6 is 0 Å². The number of benzene rings is 1. The van der Waals surface area contributed by atoms with E-state index >= 15 is 0 Å². The molecule has 3 fully saturated rings. The van der Waals surface area contributed by atoms with Crippen LogP contribution in [0.3, 0.4) is 0 Å². The third-order valence-electron chi connectivity index (χ3n) is 7.27. The van der Waals surface area contributed by atoms with Crippen molar-refractivity contribution in [3.05, 3.63) is 36.2 Å². The lowest BCUT2D eigenvalue weighted by atomic mass is 9.95. The van der Waals surface area contributed by atoms with Gasteiger partial charge in [0.1, 0.15) is 17.2 Å². The molecule has 0 aliphatic carbocycles. The van der Waals surface area contributed by atoms with Gasteiger partial charge in [0.25, 0.3) is 6.43 Å².